The van der Waals surface area contributed by atoms with Crippen LogP contribution in [0.5, 0.6) is 0 Å². The molecule has 4 rings (SSSR count). The summed E-state index contributed by atoms with van der Waals surface area (Å²) in [6.45, 7) is 4.01. The number of sulfonamides is 1. The summed E-state index contributed by atoms with van der Waals surface area (Å²) in [6, 6.07) is 16.8. The topological polar surface area (TPSA) is 84.7 Å². The van der Waals surface area contributed by atoms with E-state index in [1.165, 1.54) is 54.6 Å². The molecule has 164 valence electrons. The number of amides is 1. The quantitative estimate of drug-likeness (QED) is 0.362. The Morgan fingerprint density at radius 3 is 2.28 bits per heavy atom. The monoisotopic (exact) mass is 487 g/mol. The first-order valence-electron chi connectivity index (χ1n) is 9.66. The van der Waals surface area contributed by atoms with E-state index in [0.29, 0.717) is 15.3 Å². The molecule has 0 aliphatic rings. The predicted octanol–water partition coefficient (Wildman–Crippen LogP) is 5.67. The maximum absolute atomic E-state index is 13.6. The minimum absolute atomic E-state index is 0.0234. The molecule has 0 aliphatic carbocycles. The molecule has 0 spiro atoms. The highest BCUT2D eigenvalue weighted by atomic mass is 35.5. The summed E-state index contributed by atoms with van der Waals surface area (Å²) in [4.78, 5) is 24.5. The second-order valence-corrected chi connectivity index (χ2v) is 10.6. The van der Waals surface area contributed by atoms with Gasteiger partial charge in [-0.15, -0.1) is 0 Å². The van der Waals surface area contributed by atoms with Crippen molar-refractivity contribution in [2.24, 2.45) is 0 Å². The van der Waals surface area contributed by atoms with Gasteiger partial charge in [0.2, 0.25) is 0 Å². The number of anilines is 1. The summed E-state index contributed by atoms with van der Waals surface area (Å²) in [6.07, 6.45) is 0. The number of fused-ring (bicyclic) bond motifs is 1. The number of hydrogen-bond acceptors (Lipinski definition) is 6. The van der Waals surface area contributed by atoms with Crippen molar-refractivity contribution in [3.63, 3.8) is 0 Å². The first-order valence-corrected chi connectivity index (χ1v) is 12.3. The largest absolute Gasteiger partial charge is 0.414 e. The van der Waals surface area contributed by atoms with Gasteiger partial charge in [0.1, 0.15) is 5.58 Å². The van der Waals surface area contributed by atoms with E-state index in [4.69, 9.17) is 16.0 Å². The molecule has 0 radical (unpaired) electrons. The van der Waals surface area contributed by atoms with Crippen LogP contribution in [0.1, 0.15) is 35.7 Å². The van der Waals surface area contributed by atoms with Gasteiger partial charge in [0.25, 0.3) is 15.9 Å². The molecule has 0 fully saturated rings. The number of benzene rings is 3. The third kappa shape index (κ3) is 4.21. The lowest BCUT2D eigenvalue weighted by molar-refractivity contribution is 0.101. The van der Waals surface area contributed by atoms with Crippen LogP contribution in [0.3, 0.4) is 0 Å². The Kier molecular flexibility index (Phi) is 5.94. The highest BCUT2D eigenvalue weighted by Crippen LogP contribution is 2.31. The number of nitrogens with zero attached hydrogens (tertiary/aromatic N) is 1. The van der Waals surface area contributed by atoms with E-state index in [1.54, 1.807) is 12.1 Å². The minimum atomic E-state index is -4.27. The number of carbonyl (C=O) groups is 1. The fraction of sp³-hybridized carbons (Fsp3) is 0.130. The molecule has 3 aromatic carbocycles. The molecule has 0 saturated carbocycles. The molecule has 0 saturated heterocycles. The van der Waals surface area contributed by atoms with Crippen molar-refractivity contribution in [1.82, 2.24) is 0 Å². The Balaban J connectivity index is 1.88. The molecule has 1 heterocycles. The molecule has 1 aromatic heterocycles. The summed E-state index contributed by atoms with van der Waals surface area (Å²) in [5, 5.41) is 0.421. The van der Waals surface area contributed by atoms with Crippen LogP contribution >= 0.6 is 22.9 Å². The lowest BCUT2D eigenvalue weighted by Crippen LogP contribution is -2.37. The summed E-state index contributed by atoms with van der Waals surface area (Å²) in [5.41, 5.74) is 1.55. The van der Waals surface area contributed by atoms with Crippen LogP contribution in [0.4, 0.5) is 5.69 Å². The number of carbonyl (C=O) groups excluding carboxylic acids is 1. The third-order valence-electron chi connectivity index (χ3n) is 4.91. The van der Waals surface area contributed by atoms with Crippen LogP contribution in [-0.2, 0) is 10.0 Å². The van der Waals surface area contributed by atoms with E-state index < -0.39 is 20.9 Å². The van der Waals surface area contributed by atoms with Gasteiger partial charge in [-0.1, -0.05) is 48.9 Å². The molecule has 0 unspecified atom stereocenters. The second kappa shape index (κ2) is 8.54. The minimum Gasteiger partial charge on any atom is -0.414 e. The molecule has 9 heteroatoms. The number of rotatable bonds is 5. The predicted molar refractivity (Wildman–Crippen MR) is 126 cm³/mol. The molecular formula is C23H18ClNO5S2. The SMILES string of the molecule is CC(C)c1ccc(S(=O)(=O)N(C(=O)c2ccc(Cl)cc2)c2ccc3oc(=O)sc3c2)cc1. The van der Waals surface area contributed by atoms with Crippen LogP contribution in [0.25, 0.3) is 10.3 Å². The lowest BCUT2D eigenvalue weighted by Gasteiger charge is -2.23. The van der Waals surface area contributed by atoms with Crippen LogP contribution in [0, 0.1) is 0 Å². The summed E-state index contributed by atoms with van der Waals surface area (Å²) >= 11 is 6.76. The maximum Gasteiger partial charge on any atom is 0.396 e. The standard InChI is InChI=1S/C23H18ClNO5S2/c1-14(2)15-5-10-19(11-6-15)32(28,29)25(22(26)16-3-7-17(24)8-4-16)18-9-12-20-21(13-18)31-23(27)30-20/h3-14H,1-2H3. The van der Waals surface area contributed by atoms with E-state index in [-0.39, 0.29) is 22.1 Å². The van der Waals surface area contributed by atoms with Crippen molar-refractivity contribution in [1.29, 1.82) is 0 Å². The molecular weight excluding hydrogens is 470 g/mol. The Hall–Kier alpha value is -2.94. The van der Waals surface area contributed by atoms with Crippen molar-refractivity contribution in [3.8, 4) is 0 Å². The smallest absolute Gasteiger partial charge is 0.396 e. The second-order valence-electron chi connectivity index (χ2n) is 7.39. The average molecular weight is 488 g/mol. The highest BCUT2D eigenvalue weighted by molar-refractivity contribution is 7.93. The van der Waals surface area contributed by atoms with Gasteiger partial charge >= 0.3 is 4.94 Å². The van der Waals surface area contributed by atoms with Gasteiger partial charge in [-0.25, -0.2) is 13.2 Å². The van der Waals surface area contributed by atoms with Gasteiger partial charge in [-0.3, -0.25) is 4.79 Å². The van der Waals surface area contributed by atoms with Gasteiger partial charge in [0.15, 0.2) is 0 Å². The van der Waals surface area contributed by atoms with Crippen LogP contribution in [0.15, 0.2) is 80.8 Å². The van der Waals surface area contributed by atoms with Crippen molar-refractivity contribution in [2.75, 3.05) is 4.31 Å². The molecule has 1 amide bonds. The average Bonchev–Trinajstić information content (AvgIpc) is 3.13. The zero-order valence-electron chi connectivity index (χ0n) is 17.1. The zero-order valence-corrected chi connectivity index (χ0v) is 19.5. The molecule has 4 aromatic rings. The van der Waals surface area contributed by atoms with Crippen molar-refractivity contribution < 1.29 is 17.6 Å². The fourth-order valence-electron chi connectivity index (χ4n) is 3.19. The van der Waals surface area contributed by atoms with Crippen molar-refractivity contribution in [2.45, 2.75) is 24.7 Å². The summed E-state index contributed by atoms with van der Waals surface area (Å²) in [5.74, 6) is -0.519. The van der Waals surface area contributed by atoms with Gasteiger partial charge in [0.05, 0.1) is 15.3 Å². The Bertz CT molecular complexity index is 1450. The van der Waals surface area contributed by atoms with Crippen molar-refractivity contribution in [3.05, 3.63) is 92.6 Å². The molecule has 0 atom stereocenters. The first-order chi connectivity index (χ1) is 15.2. The van der Waals surface area contributed by atoms with E-state index >= 15 is 0 Å². The first kappa shape index (κ1) is 22.3. The van der Waals surface area contributed by atoms with Gasteiger partial charge < -0.3 is 4.42 Å². The molecule has 6 nitrogen and oxygen atoms in total. The maximum atomic E-state index is 13.6. The van der Waals surface area contributed by atoms with E-state index in [1.807, 2.05) is 13.8 Å². The normalized spacial score (nSPS) is 11.8. The Morgan fingerprint density at radius 2 is 1.66 bits per heavy atom. The molecule has 32 heavy (non-hydrogen) atoms. The van der Waals surface area contributed by atoms with Crippen LogP contribution in [-0.4, -0.2) is 14.3 Å². The van der Waals surface area contributed by atoms with E-state index in [2.05, 4.69) is 0 Å². The van der Waals surface area contributed by atoms with Gasteiger partial charge in [-0.05, 0) is 66.1 Å². The number of halogens is 1. The Labute approximate surface area is 193 Å². The van der Waals surface area contributed by atoms with Crippen molar-refractivity contribution >= 4 is 54.8 Å². The molecule has 0 aliphatic heterocycles. The van der Waals surface area contributed by atoms with E-state index in [9.17, 15) is 18.0 Å². The summed E-state index contributed by atoms with van der Waals surface area (Å²) in [7, 11) is -4.27. The van der Waals surface area contributed by atoms with Gasteiger partial charge in [0, 0.05) is 10.6 Å². The fourth-order valence-corrected chi connectivity index (χ4v) is 5.43. The highest BCUT2D eigenvalue weighted by Gasteiger charge is 2.32. The molecule has 0 N–H and O–H groups in total. The van der Waals surface area contributed by atoms with Crippen LogP contribution < -0.4 is 9.24 Å². The van der Waals surface area contributed by atoms with Crippen LogP contribution in [0.2, 0.25) is 5.02 Å². The third-order valence-corrected chi connectivity index (χ3v) is 7.68. The Morgan fingerprint density at radius 1 is 1.00 bits per heavy atom. The lowest BCUT2D eigenvalue weighted by atomic mass is 10.0. The number of hydrogen-bond donors (Lipinski definition) is 0. The summed E-state index contributed by atoms with van der Waals surface area (Å²) < 4.78 is 33.5. The zero-order chi connectivity index (χ0) is 23.0. The molecule has 0 bridgehead atoms. The van der Waals surface area contributed by atoms with Gasteiger partial charge in [-0.2, -0.15) is 4.31 Å². The van der Waals surface area contributed by atoms with E-state index in [0.717, 1.165) is 21.2 Å².